The van der Waals surface area contributed by atoms with Crippen LogP contribution in [-0.4, -0.2) is 18.6 Å². The van der Waals surface area contributed by atoms with E-state index in [-0.39, 0.29) is 16.6 Å². The third kappa shape index (κ3) is 2.43. The molecular weight excluding hydrogens is 256 g/mol. The average molecular weight is 268 g/mol. The highest BCUT2D eigenvalue weighted by molar-refractivity contribution is 7.92. The van der Waals surface area contributed by atoms with E-state index in [9.17, 15) is 8.42 Å². The molecule has 0 bridgehead atoms. The highest BCUT2D eigenvalue weighted by Crippen LogP contribution is 2.21. The molecule has 1 aromatic carbocycles. The second kappa shape index (κ2) is 4.30. The molecule has 7 nitrogen and oxygen atoms in total. The van der Waals surface area contributed by atoms with Crippen molar-refractivity contribution in [2.24, 2.45) is 0 Å². The van der Waals surface area contributed by atoms with Crippen LogP contribution < -0.4 is 10.5 Å². The Kier molecular flexibility index (Phi) is 2.95. The molecule has 0 amide bonds. The molecule has 0 saturated carbocycles. The highest BCUT2D eigenvalue weighted by Gasteiger charge is 2.20. The van der Waals surface area contributed by atoms with E-state index in [1.165, 1.54) is 6.07 Å². The van der Waals surface area contributed by atoms with Gasteiger partial charge in [0.1, 0.15) is 4.90 Å². The predicted octanol–water partition coefficient (Wildman–Crippen LogP) is 1.07. The summed E-state index contributed by atoms with van der Waals surface area (Å²) in [7, 11) is -3.82. The summed E-state index contributed by atoms with van der Waals surface area (Å²) in [6, 6.07) is 4.47. The molecule has 3 N–H and O–H groups in total. The lowest BCUT2D eigenvalue weighted by Gasteiger charge is -2.07. The molecule has 18 heavy (non-hydrogen) atoms. The molecule has 0 aliphatic heterocycles. The first-order valence-electron chi connectivity index (χ1n) is 5.08. The summed E-state index contributed by atoms with van der Waals surface area (Å²) in [6.07, 6.45) is 0. The number of anilines is 2. The van der Waals surface area contributed by atoms with Crippen LogP contribution in [0.3, 0.4) is 0 Å². The largest absolute Gasteiger partial charge is 0.398 e. The van der Waals surface area contributed by atoms with Crippen molar-refractivity contribution >= 4 is 21.7 Å². The molecule has 0 radical (unpaired) electrons. The molecule has 0 saturated heterocycles. The smallest absolute Gasteiger partial charge is 0.335 e. The van der Waals surface area contributed by atoms with Gasteiger partial charge in [0.15, 0.2) is 5.82 Å². The van der Waals surface area contributed by atoms with Gasteiger partial charge in [-0.25, -0.2) is 13.1 Å². The molecule has 0 spiro atoms. The van der Waals surface area contributed by atoms with Crippen LogP contribution in [0, 0.1) is 13.8 Å². The van der Waals surface area contributed by atoms with Crippen LogP contribution in [0.25, 0.3) is 0 Å². The Balaban J connectivity index is 2.36. The minimum absolute atomic E-state index is 0.0241. The van der Waals surface area contributed by atoms with Gasteiger partial charge in [-0.1, -0.05) is 11.2 Å². The Bertz CT molecular complexity index is 678. The summed E-state index contributed by atoms with van der Waals surface area (Å²) in [5, 5.41) is 3.49. The molecule has 0 aliphatic carbocycles. The van der Waals surface area contributed by atoms with E-state index in [1.807, 2.05) is 6.92 Å². The van der Waals surface area contributed by atoms with E-state index >= 15 is 0 Å². The van der Waals surface area contributed by atoms with Crippen molar-refractivity contribution in [1.29, 1.82) is 0 Å². The Morgan fingerprint density at radius 2 is 2.06 bits per heavy atom. The van der Waals surface area contributed by atoms with Crippen molar-refractivity contribution < 1.29 is 12.9 Å². The van der Waals surface area contributed by atoms with E-state index < -0.39 is 10.0 Å². The maximum absolute atomic E-state index is 12.0. The molecule has 0 atom stereocenters. The van der Waals surface area contributed by atoms with Gasteiger partial charge < -0.3 is 10.3 Å². The van der Waals surface area contributed by atoms with Gasteiger partial charge in [-0.05, 0) is 31.5 Å². The fraction of sp³-hybridized carbons (Fsp3) is 0.200. The first-order valence-corrected chi connectivity index (χ1v) is 6.56. The summed E-state index contributed by atoms with van der Waals surface area (Å²) < 4.78 is 30.9. The Morgan fingerprint density at radius 1 is 1.33 bits per heavy atom. The highest BCUT2D eigenvalue weighted by atomic mass is 32.2. The van der Waals surface area contributed by atoms with Crippen LogP contribution in [0.2, 0.25) is 0 Å². The number of benzene rings is 1. The summed E-state index contributed by atoms with van der Waals surface area (Å²) in [5.74, 6) is 0.338. The maximum atomic E-state index is 12.0. The Morgan fingerprint density at radius 3 is 2.61 bits per heavy atom. The molecule has 8 heteroatoms. The SMILES string of the molecule is Cc1ccc(S(=O)(=O)Nc2nc(C)no2)c(N)c1. The fourth-order valence-corrected chi connectivity index (χ4v) is 2.46. The molecule has 96 valence electrons. The molecule has 2 aromatic rings. The standard InChI is InChI=1S/C10H12N4O3S/c1-6-3-4-9(8(11)5-6)18(15,16)14-10-12-7(2)13-17-10/h3-5H,11H2,1-2H3,(H,12,13,14). The van der Waals surface area contributed by atoms with Gasteiger partial charge in [-0.3, -0.25) is 0 Å². The fourth-order valence-electron chi connectivity index (χ4n) is 1.42. The van der Waals surface area contributed by atoms with Gasteiger partial charge >= 0.3 is 6.01 Å². The van der Waals surface area contributed by atoms with Gasteiger partial charge in [-0.15, -0.1) is 0 Å². The number of nitrogen functional groups attached to an aromatic ring is 1. The van der Waals surface area contributed by atoms with E-state index in [2.05, 4.69) is 14.9 Å². The zero-order valence-electron chi connectivity index (χ0n) is 9.84. The zero-order valence-corrected chi connectivity index (χ0v) is 10.7. The minimum atomic E-state index is -3.82. The maximum Gasteiger partial charge on any atom is 0.335 e. The third-order valence-corrected chi connectivity index (χ3v) is 3.60. The number of rotatable bonds is 3. The second-order valence-corrected chi connectivity index (χ2v) is 5.44. The monoisotopic (exact) mass is 268 g/mol. The molecule has 1 heterocycles. The minimum Gasteiger partial charge on any atom is -0.398 e. The molecule has 0 aliphatic rings. The molecule has 0 fully saturated rings. The number of aromatic nitrogens is 2. The van der Waals surface area contributed by atoms with Crippen LogP contribution in [0.1, 0.15) is 11.4 Å². The van der Waals surface area contributed by atoms with Gasteiger partial charge in [0, 0.05) is 0 Å². The van der Waals surface area contributed by atoms with Crippen LogP contribution in [0.4, 0.5) is 11.7 Å². The summed E-state index contributed by atoms with van der Waals surface area (Å²) in [5.41, 5.74) is 6.72. The van der Waals surface area contributed by atoms with Crippen LogP contribution in [-0.2, 0) is 10.0 Å². The van der Waals surface area contributed by atoms with E-state index in [0.29, 0.717) is 5.82 Å². The topological polar surface area (TPSA) is 111 Å². The summed E-state index contributed by atoms with van der Waals surface area (Å²) in [6.45, 7) is 3.41. The quantitative estimate of drug-likeness (QED) is 0.805. The number of sulfonamides is 1. The number of nitrogens with two attached hydrogens (primary N) is 1. The van der Waals surface area contributed by atoms with Gasteiger partial charge in [0.05, 0.1) is 5.69 Å². The normalized spacial score (nSPS) is 11.4. The number of nitrogens with one attached hydrogen (secondary N) is 1. The first kappa shape index (κ1) is 12.4. The lowest BCUT2D eigenvalue weighted by molar-refractivity contribution is 0.429. The first-order chi connectivity index (χ1) is 8.38. The predicted molar refractivity (Wildman–Crippen MR) is 65.4 cm³/mol. The summed E-state index contributed by atoms with van der Waals surface area (Å²) in [4.78, 5) is 3.74. The van der Waals surface area contributed by atoms with Crippen molar-refractivity contribution in [1.82, 2.24) is 10.1 Å². The average Bonchev–Trinajstić information content (AvgIpc) is 2.62. The van der Waals surface area contributed by atoms with Crippen LogP contribution >= 0.6 is 0 Å². The third-order valence-electron chi connectivity index (χ3n) is 2.20. The van der Waals surface area contributed by atoms with Gasteiger partial charge in [-0.2, -0.15) is 4.98 Å². The van der Waals surface area contributed by atoms with Crippen molar-refractivity contribution in [3.8, 4) is 0 Å². The molecular formula is C10H12N4O3S. The zero-order chi connectivity index (χ0) is 13.3. The number of hydrogen-bond acceptors (Lipinski definition) is 6. The van der Waals surface area contributed by atoms with E-state index in [4.69, 9.17) is 10.3 Å². The van der Waals surface area contributed by atoms with Crippen molar-refractivity contribution in [3.05, 3.63) is 29.6 Å². The van der Waals surface area contributed by atoms with Crippen LogP contribution in [0.15, 0.2) is 27.6 Å². The lowest BCUT2D eigenvalue weighted by Crippen LogP contribution is -2.15. The summed E-state index contributed by atoms with van der Waals surface area (Å²) >= 11 is 0. The van der Waals surface area contributed by atoms with Gasteiger partial charge in [0.25, 0.3) is 10.0 Å². The number of hydrogen-bond donors (Lipinski definition) is 2. The Hall–Kier alpha value is -2.09. The van der Waals surface area contributed by atoms with E-state index in [0.717, 1.165) is 5.56 Å². The van der Waals surface area contributed by atoms with Crippen molar-refractivity contribution in [2.45, 2.75) is 18.7 Å². The number of nitrogens with zero attached hydrogens (tertiary/aromatic N) is 2. The molecule has 0 unspecified atom stereocenters. The molecule has 1 aromatic heterocycles. The van der Waals surface area contributed by atoms with Crippen molar-refractivity contribution in [3.63, 3.8) is 0 Å². The van der Waals surface area contributed by atoms with E-state index in [1.54, 1.807) is 19.1 Å². The van der Waals surface area contributed by atoms with Crippen molar-refractivity contribution in [2.75, 3.05) is 10.5 Å². The second-order valence-electron chi connectivity index (χ2n) is 3.79. The van der Waals surface area contributed by atoms with Crippen LogP contribution in [0.5, 0.6) is 0 Å². The van der Waals surface area contributed by atoms with Gasteiger partial charge in [0.2, 0.25) is 0 Å². The number of aryl methyl sites for hydroxylation is 2. The Labute approximate surface area is 104 Å². The molecule has 2 rings (SSSR count). The lowest BCUT2D eigenvalue weighted by atomic mass is 10.2.